The maximum atomic E-state index is 12.7. The van der Waals surface area contributed by atoms with Gasteiger partial charge in [-0.1, -0.05) is 0 Å². The highest BCUT2D eigenvalue weighted by Gasteiger charge is 2.51. The van der Waals surface area contributed by atoms with Crippen LogP contribution >= 0.6 is 0 Å². The van der Waals surface area contributed by atoms with Crippen molar-refractivity contribution in [2.75, 3.05) is 36.5 Å². The molecule has 1 amide bonds. The molecule has 4 aliphatic carbocycles. The second-order valence-electron chi connectivity index (χ2n) is 9.29. The molecule has 4 heteroatoms. The van der Waals surface area contributed by atoms with Crippen LogP contribution in [0.5, 0.6) is 0 Å². The average molecular weight is 354 g/mol. The summed E-state index contributed by atoms with van der Waals surface area (Å²) in [4.78, 5) is 15.1. The minimum absolute atomic E-state index is 0.214. The van der Waals surface area contributed by atoms with E-state index in [0.29, 0.717) is 5.41 Å². The number of rotatable bonds is 4. The van der Waals surface area contributed by atoms with Gasteiger partial charge < -0.3 is 15.0 Å². The molecule has 26 heavy (non-hydrogen) atoms. The standard InChI is InChI=1S/C22H30N2O2/c25-21(15-22-12-16-9-17(13-22)11-18(10-16)14-22)23-19-1-3-20(4-2-19)24-5-7-26-8-6-24/h1-4,16-18H,5-15H2,(H,23,25). The van der Waals surface area contributed by atoms with Crippen LogP contribution in [0.3, 0.4) is 0 Å². The highest BCUT2D eigenvalue weighted by molar-refractivity contribution is 5.91. The molecule has 0 atom stereocenters. The van der Waals surface area contributed by atoms with Gasteiger partial charge in [0.1, 0.15) is 0 Å². The number of benzene rings is 1. The lowest BCUT2D eigenvalue weighted by Gasteiger charge is -2.56. The third kappa shape index (κ3) is 3.24. The summed E-state index contributed by atoms with van der Waals surface area (Å²) < 4.78 is 5.41. The molecule has 1 aliphatic heterocycles. The monoisotopic (exact) mass is 354 g/mol. The lowest BCUT2D eigenvalue weighted by molar-refractivity contribution is -0.124. The van der Waals surface area contributed by atoms with Gasteiger partial charge in [0.25, 0.3) is 0 Å². The highest BCUT2D eigenvalue weighted by Crippen LogP contribution is 2.61. The Balaban J connectivity index is 1.20. The Morgan fingerprint density at radius 3 is 2.15 bits per heavy atom. The van der Waals surface area contributed by atoms with Crippen molar-refractivity contribution >= 4 is 17.3 Å². The topological polar surface area (TPSA) is 41.6 Å². The quantitative estimate of drug-likeness (QED) is 0.886. The van der Waals surface area contributed by atoms with Crippen molar-refractivity contribution in [3.63, 3.8) is 0 Å². The molecule has 5 fully saturated rings. The first-order valence-electron chi connectivity index (χ1n) is 10.4. The van der Waals surface area contributed by atoms with Crippen LogP contribution in [-0.2, 0) is 9.53 Å². The number of anilines is 2. The van der Waals surface area contributed by atoms with E-state index >= 15 is 0 Å². The smallest absolute Gasteiger partial charge is 0.224 e. The van der Waals surface area contributed by atoms with E-state index in [1.165, 1.54) is 44.2 Å². The van der Waals surface area contributed by atoms with Crippen LogP contribution in [0.2, 0.25) is 0 Å². The van der Waals surface area contributed by atoms with Gasteiger partial charge in [-0.2, -0.15) is 0 Å². The Morgan fingerprint density at radius 1 is 1.00 bits per heavy atom. The average Bonchev–Trinajstić information content (AvgIpc) is 2.61. The summed E-state index contributed by atoms with van der Waals surface area (Å²) in [6.45, 7) is 3.47. The third-order valence-corrected chi connectivity index (χ3v) is 7.23. The maximum absolute atomic E-state index is 12.7. The first kappa shape index (κ1) is 16.6. The van der Waals surface area contributed by atoms with Crippen molar-refractivity contribution in [1.29, 1.82) is 0 Å². The van der Waals surface area contributed by atoms with E-state index in [1.807, 2.05) is 12.1 Å². The molecule has 4 nitrogen and oxygen atoms in total. The molecule has 0 aromatic heterocycles. The molecule has 1 aromatic rings. The first-order chi connectivity index (χ1) is 12.7. The van der Waals surface area contributed by atoms with Gasteiger partial charge in [-0.15, -0.1) is 0 Å². The van der Waals surface area contributed by atoms with Crippen LogP contribution in [0.1, 0.15) is 44.9 Å². The molecule has 6 rings (SSSR count). The number of ether oxygens (including phenoxy) is 1. The summed E-state index contributed by atoms with van der Waals surface area (Å²) in [6.07, 6.45) is 8.91. The fraction of sp³-hybridized carbons (Fsp3) is 0.682. The summed E-state index contributed by atoms with van der Waals surface area (Å²) >= 11 is 0. The van der Waals surface area contributed by atoms with E-state index in [1.54, 1.807) is 0 Å². The van der Waals surface area contributed by atoms with Gasteiger partial charge in [0.2, 0.25) is 5.91 Å². The van der Waals surface area contributed by atoms with Crippen molar-refractivity contribution in [1.82, 2.24) is 0 Å². The van der Waals surface area contributed by atoms with Gasteiger partial charge >= 0.3 is 0 Å². The molecule has 1 aromatic carbocycles. The van der Waals surface area contributed by atoms with E-state index in [0.717, 1.165) is 56.2 Å². The van der Waals surface area contributed by atoms with Gasteiger partial charge in [0, 0.05) is 30.9 Å². The summed E-state index contributed by atoms with van der Waals surface area (Å²) in [6, 6.07) is 8.32. The van der Waals surface area contributed by atoms with E-state index in [9.17, 15) is 4.79 Å². The van der Waals surface area contributed by atoms with Gasteiger partial charge in [0.15, 0.2) is 0 Å². The van der Waals surface area contributed by atoms with Crippen LogP contribution in [-0.4, -0.2) is 32.2 Å². The Kier molecular flexibility index (Phi) is 4.19. The summed E-state index contributed by atoms with van der Waals surface area (Å²) in [5, 5.41) is 3.16. The number of nitrogens with zero attached hydrogens (tertiary/aromatic N) is 1. The van der Waals surface area contributed by atoms with Crippen LogP contribution in [0, 0.1) is 23.2 Å². The number of carbonyl (C=O) groups is 1. The van der Waals surface area contributed by atoms with E-state index in [4.69, 9.17) is 4.74 Å². The van der Waals surface area contributed by atoms with Gasteiger partial charge in [-0.25, -0.2) is 0 Å². The summed E-state index contributed by atoms with van der Waals surface area (Å²) in [5.74, 6) is 2.93. The Morgan fingerprint density at radius 2 is 1.58 bits per heavy atom. The SMILES string of the molecule is O=C(CC12CC3CC(CC(C3)C1)C2)Nc1ccc(N2CCOCC2)cc1. The number of nitrogens with one attached hydrogen (secondary N) is 1. The number of morpholine rings is 1. The number of amides is 1. The molecule has 140 valence electrons. The van der Waals surface area contributed by atoms with Crippen molar-refractivity contribution in [3.05, 3.63) is 24.3 Å². The Hall–Kier alpha value is -1.55. The highest BCUT2D eigenvalue weighted by atomic mass is 16.5. The van der Waals surface area contributed by atoms with Crippen molar-refractivity contribution in [3.8, 4) is 0 Å². The van der Waals surface area contributed by atoms with Gasteiger partial charge in [-0.3, -0.25) is 4.79 Å². The minimum Gasteiger partial charge on any atom is -0.378 e. The fourth-order valence-corrected chi connectivity index (χ4v) is 6.63. The lowest BCUT2D eigenvalue weighted by atomic mass is 9.49. The zero-order valence-corrected chi connectivity index (χ0v) is 15.6. The molecule has 4 bridgehead atoms. The van der Waals surface area contributed by atoms with Crippen LogP contribution < -0.4 is 10.2 Å². The zero-order chi connectivity index (χ0) is 17.6. The molecule has 1 heterocycles. The van der Waals surface area contributed by atoms with Crippen molar-refractivity contribution in [2.45, 2.75) is 44.9 Å². The van der Waals surface area contributed by atoms with Crippen molar-refractivity contribution < 1.29 is 9.53 Å². The van der Waals surface area contributed by atoms with Gasteiger partial charge in [0.05, 0.1) is 13.2 Å². The number of hydrogen-bond acceptors (Lipinski definition) is 3. The lowest BCUT2D eigenvalue weighted by Crippen LogP contribution is -2.47. The molecule has 1 N–H and O–H groups in total. The predicted molar refractivity (Wildman–Crippen MR) is 103 cm³/mol. The van der Waals surface area contributed by atoms with Crippen molar-refractivity contribution in [2.24, 2.45) is 23.2 Å². The molecule has 5 aliphatic rings. The summed E-state index contributed by atoms with van der Waals surface area (Å²) in [7, 11) is 0. The molecule has 0 spiro atoms. The molecular formula is C22H30N2O2. The van der Waals surface area contributed by atoms with Crippen LogP contribution in [0.15, 0.2) is 24.3 Å². The molecule has 0 radical (unpaired) electrons. The second kappa shape index (κ2) is 6.56. The molecular weight excluding hydrogens is 324 g/mol. The van der Waals surface area contributed by atoms with Gasteiger partial charge in [-0.05, 0) is 86.0 Å². The second-order valence-corrected chi connectivity index (χ2v) is 9.29. The predicted octanol–water partition coefficient (Wildman–Crippen LogP) is 4.07. The maximum Gasteiger partial charge on any atom is 0.224 e. The fourth-order valence-electron chi connectivity index (χ4n) is 6.63. The van der Waals surface area contributed by atoms with Crippen LogP contribution in [0.4, 0.5) is 11.4 Å². The summed E-state index contributed by atoms with van der Waals surface area (Å²) in [5.41, 5.74) is 2.45. The van der Waals surface area contributed by atoms with E-state index in [-0.39, 0.29) is 5.91 Å². The molecule has 4 saturated carbocycles. The first-order valence-corrected chi connectivity index (χ1v) is 10.4. The normalized spacial score (nSPS) is 35.5. The molecule has 1 saturated heterocycles. The minimum atomic E-state index is 0.214. The van der Waals surface area contributed by atoms with E-state index < -0.39 is 0 Å². The largest absolute Gasteiger partial charge is 0.378 e. The third-order valence-electron chi connectivity index (χ3n) is 7.23. The number of carbonyl (C=O) groups excluding carboxylic acids is 1. The Labute approximate surface area is 156 Å². The van der Waals surface area contributed by atoms with Crippen LogP contribution in [0.25, 0.3) is 0 Å². The zero-order valence-electron chi connectivity index (χ0n) is 15.6. The van der Waals surface area contributed by atoms with E-state index in [2.05, 4.69) is 22.3 Å². The Bertz CT molecular complexity index is 628. The number of hydrogen-bond donors (Lipinski definition) is 1. The molecule has 0 unspecified atom stereocenters.